The molecule has 0 fully saturated rings. The highest BCUT2D eigenvalue weighted by Crippen LogP contribution is 2.19. The van der Waals surface area contributed by atoms with Crippen molar-refractivity contribution in [1.29, 1.82) is 0 Å². The molecule has 6 heteroatoms. The summed E-state index contributed by atoms with van der Waals surface area (Å²) >= 11 is 7.34. The lowest BCUT2D eigenvalue weighted by Gasteiger charge is -2.01. The van der Waals surface area contributed by atoms with E-state index in [1.54, 1.807) is 13.0 Å². The van der Waals surface area contributed by atoms with Crippen LogP contribution in [0.15, 0.2) is 52.7 Å². The van der Waals surface area contributed by atoms with E-state index in [2.05, 4.69) is 10.2 Å². The molecule has 0 bridgehead atoms. The van der Waals surface area contributed by atoms with Crippen molar-refractivity contribution in [2.75, 3.05) is 0 Å². The third-order valence-electron chi connectivity index (χ3n) is 2.86. The molecule has 0 radical (unpaired) electrons. The molecule has 0 aliphatic carbocycles. The molecule has 0 unspecified atom stereocenters. The smallest absolute Gasteiger partial charge is 0.180 e. The van der Waals surface area contributed by atoms with Crippen LogP contribution in [0, 0.1) is 12.7 Å². The molecule has 0 heterocycles. The SMILES string of the molecule is Cc1cc(C=NN=C(N)SCc2ccccc2)c(Cl)cc1F. The topological polar surface area (TPSA) is 50.7 Å². The summed E-state index contributed by atoms with van der Waals surface area (Å²) in [5.74, 6) is 0.380. The van der Waals surface area contributed by atoms with Crippen molar-refractivity contribution >= 4 is 34.7 Å². The third kappa shape index (κ3) is 4.86. The lowest BCUT2D eigenvalue weighted by molar-refractivity contribution is 0.618. The Kier molecular flexibility index (Phi) is 5.98. The number of nitrogens with two attached hydrogens (primary N) is 1. The van der Waals surface area contributed by atoms with Gasteiger partial charge in [-0.2, -0.15) is 5.10 Å². The monoisotopic (exact) mass is 335 g/mol. The molecule has 114 valence electrons. The summed E-state index contributed by atoms with van der Waals surface area (Å²) in [5.41, 5.74) is 8.05. The van der Waals surface area contributed by atoms with Crippen molar-refractivity contribution in [1.82, 2.24) is 0 Å². The molecule has 2 N–H and O–H groups in total. The number of benzene rings is 2. The minimum absolute atomic E-state index is 0.289. The standard InChI is InChI=1S/C16H15ClFN3S/c1-11-7-13(14(17)8-15(11)18)9-20-21-16(19)22-10-12-5-3-2-4-6-12/h2-9H,10H2,1H3,(H2,19,21). The van der Waals surface area contributed by atoms with E-state index in [1.165, 1.54) is 24.0 Å². The minimum atomic E-state index is -0.344. The molecule has 0 saturated carbocycles. The van der Waals surface area contributed by atoms with E-state index in [0.29, 0.717) is 16.3 Å². The first-order chi connectivity index (χ1) is 10.6. The summed E-state index contributed by atoms with van der Waals surface area (Å²) in [6, 6.07) is 12.8. The first-order valence-corrected chi connectivity index (χ1v) is 7.91. The predicted octanol–water partition coefficient (Wildman–Crippen LogP) is 4.37. The Labute approximate surface area is 138 Å². The second-order valence-electron chi connectivity index (χ2n) is 4.58. The maximum Gasteiger partial charge on any atom is 0.180 e. The molecule has 22 heavy (non-hydrogen) atoms. The van der Waals surface area contributed by atoms with Crippen LogP contribution in [-0.2, 0) is 5.75 Å². The number of amidine groups is 1. The zero-order valence-corrected chi connectivity index (χ0v) is 13.5. The first-order valence-electron chi connectivity index (χ1n) is 6.55. The van der Waals surface area contributed by atoms with Gasteiger partial charge in [0.25, 0.3) is 0 Å². The predicted molar refractivity (Wildman–Crippen MR) is 93.1 cm³/mol. The van der Waals surface area contributed by atoms with Crippen LogP contribution in [0.25, 0.3) is 0 Å². The van der Waals surface area contributed by atoms with Crippen LogP contribution in [0.4, 0.5) is 4.39 Å². The van der Waals surface area contributed by atoms with Gasteiger partial charge in [-0.05, 0) is 30.2 Å². The van der Waals surface area contributed by atoms with Gasteiger partial charge in [0.05, 0.1) is 11.2 Å². The first kappa shape index (κ1) is 16.5. The van der Waals surface area contributed by atoms with Crippen molar-refractivity contribution in [3.63, 3.8) is 0 Å². The highest BCUT2D eigenvalue weighted by atomic mass is 35.5. The molecule has 0 aromatic heterocycles. The summed E-state index contributed by atoms with van der Waals surface area (Å²) in [7, 11) is 0. The molecule has 2 aromatic carbocycles. The van der Waals surface area contributed by atoms with Crippen molar-refractivity contribution in [2.24, 2.45) is 15.9 Å². The maximum atomic E-state index is 13.3. The maximum absolute atomic E-state index is 13.3. The third-order valence-corrected chi connectivity index (χ3v) is 4.04. The van der Waals surface area contributed by atoms with Crippen LogP contribution in [-0.4, -0.2) is 11.4 Å². The van der Waals surface area contributed by atoms with Gasteiger partial charge in [-0.15, -0.1) is 5.10 Å². The van der Waals surface area contributed by atoms with E-state index < -0.39 is 0 Å². The zero-order chi connectivity index (χ0) is 15.9. The van der Waals surface area contributed by atoms with Gasteiger partial charge in [0.1, 0.15) is 5.82 Å². The number of rotatable bonds is 4. The normalized spacial score (nSPS) is 12.0. The van der Waals surface area contributed by atoms with Gasteiger partial charge in [-0.1, -0.05) is 53.7 Å². The summed E-state index contributed by atoms with van der Waals surface area (Å²) in [5, 5.41) is 8.44. The van der Waals surface area contributed by atoms with Gasteiger partial charge >= 0.3 is 0 Å². The van der Waals surface area contributed by atoms with E-state index in [4.69, 9.17) is 17.3 Å². The summed E-state index contributed by atoms with van der Waals surface area (Å²) < 4.78 is 13.3. The van der Waals surface area contributed by atoms with Crippen molar-refractivity contribution < 1.29 is 4.39 Å². The Morgan fingerprint density at radius 3 is 2.77 bits per heavy atom. The second-order valence-corrected chi connectivity index (χ2v) is 5.98. The Balaban J connectivity index is 1.97. The lowest BCUT2D eigenvalue weighted by Crippen LogP contribution is -2.06. The number of nitrogens with zero attached hydrogens (tertiary/aromatic N) is 2. The zero-order valence-electron chi connectivity index (χ0n) is 12.0. The van der Waals surface area contributed by atoms with E-state index in [9.17, 15) is 4.39 Å². The molecule has 0 amide bonds. The Morgan fingerprint density at radius 2 is 2.05 bits per heavy atom. The van der Waals surface area contributed by atoms with Crippen molar-refractivity contribution in [3.05, 3.63) is 70.0 Å². The van der Waals surface area contributed by atoms with Crippen LogP contribution in [0.2, 0.25) is 5.02 Å². The van der Waals surface area contributed by atoms with Crippen molar-refractivity contribution in [2.45, 2.75) is 12.7 Å². The van der Waals surface area contributed by atoms with Gasteiger partial charge in [0, 0.05) is 11.3 Å². The number of thioether (sulfide) groups is 1. The number of hydrogen-bond acceptors (Lipinski definition) is 3. The quantitative estimate of drug-likeness (QED) is 0.512. The van der Waals surface area contributed by atoms with Crippen LogP contribution in [0.3, 0.4) is 0 Å². The lowest BCUT2D eigenvalue weighted by atomic mass is 10.1. The van der Waals surface area contributed by atoms with Crippen LogP contribution in [0.1, 0.15) is 16.7 Å². The largest absolute Gasteiger partial charge is 0.377 e. The van der Waals surface area contributed by atoms with E-state index in [0.717, 1.165) is 11.3 Å². The molecule has 0 atom stereocenters. The van der Waals surface area contributed by atoms with Crippen LogP contribution >= 0.6 is 23.4 Å². The molecular weight excluding hydrogens is 321 g/mol. The van der Waals surface area contributed by atoms with Gasteiger partial charge in [-0.25, -0.2) is 4.39 Å². The molecule has 2 aromatic rings. The molecule has 0 spiro atoms. The molecule has 2 rings (SSSR count). The highest BCUT2D eigenvalue weighted by molar-refractivity contribution is 8.13. The van der Waals surface area contributed by atoms with Crippen LogP contribution in [0.5, 0.6) is 0 Å². The van der Waals surface area contributed by atoms with Gasteiger partial charge < -0.3 is 5.73 Å². The number of hydrogen-bond donors (Lipinski definition) is 1. The highest BCUT2D eigenvalue weighted by Gasteiger charge is 2.03. The van der Waals surface area contributed by atoms with E-state index >= 15 is 0 Å². The second kappa shape index (κ2) is 7.96. The molecule has 0 aliphatic heterocycles. The summed E-state index contributed by atoms with van der Waals surface area (Å²) in [4.78, 5) is 0. The van der Waals surface area contributed by atoms with Gasteiger partial charge in [-0.3, -0.25) is 0 Å². The molecule has 0 aliphatic rings. The van der Waals surface area contributed by atoms with E-state index in [-0.39, 0.29) is 10.8 Å². The fraction of sp³-hybridized carbons (Fsp3) is 0.125. The van der Waals surface area contributed by atoms with Crippen molar-refractivity contribution in [3.8, 4) is 0 Å². The molecule has 0 saturated heterocycles. The Morgan fingerprint density at radius 1 is 1.32 bits per heavy atom. The fourth-order valence-electron chi connectivity index (χ4n) is 1.69. The fourth-order valence-corrected chi connectivity index (χ4v) is 2.50. The van der Waals surface area contributed by atoms with E-state index in [1.807, 2.05) is 30.3 Å². The molecular formula is C16H15ClFN3S. The van der Waals surface area contributed by atoms with Gasteiger partial charge in [0.15, 0.2) is 5.17 Å². The summed E-state index contributed by atoms with van der Waals surface area (Å²) in [6.07, 6.45) is 1.46. The number of halogens is 2. The molecule has 3 nitrogen and oxygen atoms in total. The Bertz CT molecular complexity index is 702. The Hall–Kier alpha value is -1.85. The average Bonchev–Trinajstić information content (AvgIpc) is 2.51. The average molecular weight is 336 g/mol. The van der Waals surface area contributed by atoms with Crippen LogP contribution < -0.4 is 5.73 Å². The minimum Gasteiger partial charge on any atom is -0.377 e. The summed E-state index contributed by atoms with van der Waals surface area (Å²) in [6.45, 7) is 1.66. The number of aryl methyl sites for hydroxylation is 1. The van der Waals surface area contributed by atoms with Gasteiger partial charge in [0.2, 0.25) is 0 Å².